The Hall–Kier alpha value is -1.53. The molecule has 0 radical (unpaired) electrons. The van der Waals surface area contributed by atoms with E-state index in [1.807, 2.05) is 0 Å². The van der Waals surface area contributed by atoms with Crippen LogP contribution in [0.4, 0.5) is 0 Å². The van der Waals surface area contributed by atoms with Gasteiger partial charge in [0.1, 0.15) is 11.0 Å². The number of hydrogen-bond acceptors (Lipinski definition) is 3. The quantitative estimate of drug-likeness (QED) is 0.780. The fraction of sp³-hybridized carbons (Fsp3) is 0.182. The summed E-state index contributed by atoms with van der Waals surface area (Å²) in [5.74, 6) is 2.23. The van der Waals surface area contributed by atoms with Crippen LogP contribution in [-0.2, 0) is 10.0 Å². The molecular weight excluding hydrogens is 260 g/mol. The molecule has 0 saturated heterocycles. The van der Waals surface area contributed by atoms with Gasteiger partial charge in [-0.1, -0.05) is 17.5 Å². The third-order valence-corrected chi connectivity index (χ3v) is 4.16. The monoisotopic (exact) mass is 268 g/mol. The molecule has 1 rings (SSSR count). The van der Waals surface area contributed by atoms with Gasteiger partial charge in [-0.15, -0.1) is 6.42 Å². The zero-order valence-electron chi connectivity index (χ0n) is 9.01. The number of nitriles is 1. The molecule has 0 N–H and O–H groups in total. The van der Waals surface area contributed by atoms with Gasteiger partial charge in [0.25, 0.3) is 0 Å². The van der Waals surface area contributed by atoms with Gasteiger partial charge in [-0.3, -0.25) is 0 Å². The van der Waals surface area contributed by atoms with Crippen molar-refractivity contribution in [2.75, 3.05) is 13.6 Å². The molecule has 0 fully saturated rings. The molecule has 0 bridgehead atoms. The summed E-state index contributed by atoms with van der Waals surface area (Å²) in [6.45, 7) is -0.0597. The lowest BCUT2D eigenvalue weighted by Crippen LogP contribution is -2.27. The summed E-state index contributed by atoms with van der Waals surface area (Å²) < 4.78 is 25.1. The van der Waals surface area contributed by atoms with Gasteiger partial charge >= 0.3 is 0 Å². The predicted octanol–water partition coefficient (Wildman–Crippen LogP) is 1.47. The molecule has 0 aliphatic carbocycles. The maximum Gasteiger partial charge on any atom is 0.245 e. The van der Waals surface area contributed by atoms with Crippen LogP contribution in [0, 0.1) is 23.7 Å². The Morgan fingerprint density at radius 1 is 1.53 bits per heavy atom. The molecular formula is C11H9ClN2O2S. The SMILES string of the molecule is C#CCN(C)S(=O)(=O)c1ccc(Cl)cc1C#N. The van der Waals surface area contributed by atoms with Gasteiger partial charge in [0.05, 0.1) is 12.1 Å². The van der Waals surface area contributed by atoms with Crippen LogP contribution in [0.3, 0.4) is 0 Å². The average molecular weight is 269 g/mol. The van der Waals surface area contributed by atoms with E-state index in [1.54, 1.807) is 6.07 Å². The van der Waals surface area contributed by atoms with Crippen molar-refractivity contribution in [3.63, 3.8) is 0 Å². The van der Waals surface area contributed by atoms with Crippen molar-refractivity contribution in [2.24, 2.45) is 0 Å². The van der Waals surface area contributed by atoms with E-state index in [0.29, 0.717) is 5.02 Å². The minimum atomic E-state index is -3.75. The van der Waals surface area contributed by atoms with Crippen molar-refractivity contribution < 1.29 is 8.42 Å². The highest BCUT2D eigenvalue weighted by atomic mass is 35.5. The molecule has 0 aliphatic heterocycles. The first-order valence-corrected chi connectivity index (χ1v) is 6.34. The largest absolute Gasteiger partial charge is 0.245 e. The van der Waals surface area contributed by atoms with Crippen LogP contribution in [0.15, 0.2) is 23.1 Å². The molecule has 17 heavy (non-hydrogen) atoms. The summed E-state index contributed by atoms with van der Waals surface area (Å²) in [5, 5.41) is 9.19. The zero-order chi connectivity index (χ0) is 13.1. The van der Waals surface area contributed by atoms with Crippen LogP contribution >= 0.6 is 11.6 Å². The molecule has 0 aromatic heterocycles. The molecule has 1 aromatic rings. The third kappa shape index (κ3) is 2.78. The number of hydrogen-bond donors (Lipinski definition) is 0. The third-order valence-electron chi connectivity index (χ3n) is 2.06. The summed E-state index contributed by atoms with van der Waals surface area (Å²) in [6.07, 6.45) is 5.06. The minimum absolute atomic E-state index is 0.00127. The van der Waals surface area contributed by atoms with E-state index < -0.39 is 10.0 Å². The zero-order valence-corrected chi connectivity index (χ0v) is 10.6. The highest BCUT2D eigenvalue weighted by Gasteiger charge is 2.23. The Bertz CT molecular complexity index is 611. The summed E-state index contributed by atoms with van der Waals surface area (Å²) in [5.41, 5.74) is 0.00127. The van der Waals surface area contributed by atoms with Gasteiger partial charge in [0.2, 0.25) is 10.0 Å². The Morgan fingerprint density at radius 2 is 2.18 bits per heavy atom. The van der Waals surface area contributed by atoms with Crippen molar-refractivity contribution >= 4 is 21.6 Å². The molecule has 0 saturated carbocycles. The van der Waals surface area contributed by atoms with Gasteiger partial charge in [-0.2, -0.15) is 9.57 Å². The molecule has 88 valence electrons. The number of benzene rings is 1. The maximum atomic E-state index is 12.0. The Morgan fingerprint density at radius 3 is 2.71 bits per heavy atom. The minimum Gasteiger partial charge on any atom is -0.207 e. The van der Waals surface area contributed by atoms with E-state index in [1.165, 1.54) is 25.2 Å². The molecule has 1 aromatic carbocycles. The highest BCUT2D eigenvalue weighted by Crippen LogP contribution is 2.22. The van der Waals surface area contributed by atoms with Gasteiger partial charge in [-0.25, -0.2) is 8.42 Å². The van der Waals surface area contributed by atoms with Crippen molar-refractivity contribution in [2.45, 2.75) is 4.90 Å². The number of sulfonamides is 1. The summed E-state index contributed by atoms with van der Waals surface area (Å²) in [6, 6.07) is 5.81. The second-order valence-electron chi connectivity index (χ2n) is 3.22. The standard InChI is InChI=1S/C11H9ClN2O2S/c1-3-6-14(2)17(15,16)11-5-4-10(12)7-9(11)8-13/h1,4-5,7H,6H2,2H3. The average Bonchev–Trinajstić information content (AvgIpc) is 2.28. The first-order valence-electron chi connectivity index (χ1n) is 4.53. The fourth-order valence-electron chi connectivity index (χ4n) is 1.20. The summed E-state index contributed by atoms with van der Waals surface area (Å²) in [4.78, 5) is -0.0952. The topological polar surface area (TPSA) is 61.2 Å². The molecule has 0 unspecified atom stereocenters. The van der Waals surface area contributed by atoms with E-state index in [4.69, 9.17) is 23.3 Å². The first-order chi connectivity index (χ1) is 7.93. The molecule has 0 atom stereocenters. The second-order valence-corrected chi connectivity index (χ2v) is 5.67. The van der Waals surface area contributed by atoms with Gasteiger partial charge in [0.15, 0.2) is 0 Å². The van der Waals surface area contributed by atoms with Crippen LogP contribution in [0.5, 0.6) is 0 Å². The number of terminal acetylenes is 1. The van der Waals surface area contributed by atoms with Crippen molar-refractivity contribution in [1.29, 1.82) is 5.26 Å². The van der Waals surface area contributed by atoms with Crippen LogP contribution in [0.2, 0.25) is 5.02 Å². The molecule has 0 heterocycles. The van der Waals surface area contributed by atoms with Crippen molar-refractivity contribution in [3.8, 4) is 18.4 Å². The Labute approximate surface area is 105 Å². The van der Waals surface area contributed by atoms with Crippen LogP contribution in [0.25, 0.3) is 0 Å². The predicted molar refractivity (Wildman–Crippen MR) is 64.8 cm³/mol. The van der Waals surface area contributed by atoms with E-state index >= 15 is 0 Å². The Balaban J connectivity index is 3.36. The first kappa shape index (κ1) is 13.5. The number of rotatable bonds is 3. The highest BCUT2D eigenvalue weighted by molar-refractivity contribution is 7.89. The summed E-state index contributed by atoms with van der Waals surface area (Å²) >= 11 is 5.69. The molecule has 6 heteroatoms. The number of nitrogens with zero attached hydrogens (tertiary/aromatic N) is 2. The fourth-order valence-corrected chi connectivity index (χ4v) is 2.57. The van der Waals surface area contributed by atoms with Gasteiger partial charge < -0.3 is 0 Å². The Kier molecular flexibility index (Phi) is 4.14. The molecule has 0 spiro atoms. The lowest BCUT2D eigenvalue weighted by Gasteiger charge is -2.15. The lowest BCUT2D eigenvalue weighted by atomic mass is 10.2. The van der Waals surface area contributed by atoms with E-state index in [0.717, 1.165) is 4.31 Å². The van der Waals surface area contributed by atoms with E-state index in [2.05, 4.69) is 5.92 Å². The molecule has 0 aliphatic rings. The van der Waals surface area contributed by atoms with Crippen LogP contribution in [0.1, 0.15) is 5.56 Å². The van der Waals surface area contributed by atoms with Gasteiger partial charge in [-0.05, 0) is 18.2 Å². The van der Waals surface area contributed by atoms with Crippen molar-refractivity contribution in [1.82, 2.24) is 4.31 Å². The van der Waals surface area contributed by atoms with E-state index in [-0.39, 0.29) is 17.0 Å². The summed E-state index contributed by atoms with van der Waals surface area (Å²) in [7, 11) is -2.40. The smallest absolute Gasteiger partial charge is 0.207 e. The number of halogens is 1. The van der Waals surface area contributed by atoms with E-state index in [9.17, 15) is 8.42 Å². The van der Waals surface area contributed by atoms with Crippen LogP contribution in [-0.4, -0.2) is 26.3 Å². The van der Waals surface area contributed by atoms with Crippen molar-refractivity contribution in [3.05, 3.63) is 28.8 Å². The lowest BCUT2D eigenvalue weighted by molar-refractivity contribution is 0.503. The molecule has 0 amide bonds. The normalized spacial score (nSPS) is 10.9. The maximum absolute atomic E-state index is 12.0. The van der Waals surface area contributed by atoms with Crippen LogP contribution < -0.4 is 0 Å². The second kappa shape index (κ2) is 5.20. The van der Waals surface area contributed by atoms with Gasteiger partial charge in [0, 0.05) is 12.1 Å². The molecule has 4 nitrogen and oxygen atoms in total.